The highest BCUT2D eigenvalue weighted by atomic mass is 19.1. The van der Waals surface area contributed by atoms with Crippen LogP contribution in [0.25, 0.3) is 11.3 Å². The van der Waals surface area contributed by atoms with Gasteiger partial charge in [0.15, 0.2) is 0 Å². The second-order valence-corrected chi connectivity index (χ2v) is 6.64. The van der Waals surface area contributed by atoms with Gasteiger partial charge in [-0.3, -0.25) is 14.6 Å². The lowest BCUT2D eigenvalue weighted by Gasteiger charge is -2.31. The van der Waals surface area contributed by atoms with Crippen LogP contribution in [0.15, 0.2) is 48.8 Å². The molecule has 0 aliphatic carbocycles. The molecule has 0 saturated carbocycles. The van der Waals surface area contributed by atoms with E-state index in [4.69, 9.17) is 0 Å². The molecule has 1 fully saturated rings. The van der Waals surface area contributed by atoms with Crippen molar-refractivity contribution in [2.24, 2.45) is 5.92 Å². The molecule has 6 nitrogen and oxygen atoms in total. The molecule has 1 N–H and O–H groups in total. The summed E-state index contributed by atoms with van der Waals surface area (Å²) in [7, 11) is 0. The fraction of sp³-hybridized carbons (Fsp3) is 0.316. The number of aromatic nitrogens is 4. The lowest BCUT2D eigenvalue weighted by molar-refractivity contribution is 0.0675. The Morgan fingerprint density at radius 3 is 2.69 bits per heavy atom. The average Bonchev–Trinajstić information content (AvgIpc) is 3.34. The van der Waals surface area contributed by atoms with Gasteiger partial charge in [0.25, 0.3) is 5.91 Å². The molecule has 1 aliphatic heterocycles. The fourth-order valence-corrected chi connectivity index (χ4v) is 3.36. The van der Waals surface area contributed by atoms with Gasteiger partial charge in [-0.15, -0.1) is 0 Å². The maximum absolute atomic E-state index is 13.0. The minimum Gasteiger partial charge on any atom is -0.337 e. The second-order valence-electron chi connectivity index (χ2n) is 6.64. The van der Waals surface area contributed by atoms with Crippen LogP contribution in [0.3, 0.4) is 0 Å². The first-order valence-electron chi connectivity index (χ1n) is 8.77. The van der Waals surface area contributed by atoms with Gasteiger partial charge in [-0.2, -0.15) is 10.2 Å². The Labute approximate surface area is 150 Å². The number of H-pyrrole nitrogens is 1. The molecular weight excluding hydrogens is 333 g/mol. The molecule has 1 aliphatic rings. The van der Waals surface area contributed by atoms with E-state index >= 15 is 0 Å². The Bertz CT molecular complexity index is 864. The van der Waals surface area contributed by atoms with Gasteiger partial charge in [0.2, 0.25) is 0 Å². The van der Waals surface area contributed by atoms with Gasteiger partial charge in [-0.05, 0) is 55.2 Å². The van der Waals surface area contributed by atoms with Gasteiger partial charge in [0.1, 0.15) is 11.5 Å². The molecule has 1 amide bonds. The van der Waals surface area contributed by atoms with Gasteiger partial charge in [-0.1, -0.05) is 0 Å². The standard InChI is InChI=1S/C19H20FN5O/c20-16-4-2-15(3-5-16)17-12-18(23-22-17)19(26)24-10-6-14(7-11-24)13-25-9-1-8-21-25/h1-5,8-9,12,14H,6-7,10-11,13H2,(H,22,23). The first kappa shape index (κ1) is 16.5. The minimum atomic E-state index is -0.293. The van der Waals surface area contributed by atoms with Crippen molar-refractivity contribution in [1.82, 2.24) is 24.9 Å². The monoisotopic (exact) mass is 353 g/mol. The van der Waals surface area contributed by atoms with Gasteiger partial charge in [0.05, 0.1) is 5.69 Å². The SMILES string of the molecule is O=C(c1cc(-c2ccc(F)cc2)n[nH]1)N1CCC(Cn2cccn2)CC1. The lowest BCUT2D eigenvalue weighted by atomic mass is 9.96. The van der Waals surface area contributed by atoms with Crippen LogP contribution >= 0.6 is 0 Å². The first-order chi connectivity index (χ1) is 12.7. The van der Waals surface area contributed by atoms with Crippen molar-refractivity contribution in [3.8, 4) is 11.3 Å². The zero-order chi connectivity index (χ0) is 17.9. The summed E-state index contributed by atoms with van der Waals surface area (Å²) < 4.78 is 15.0. The highest BCUT2D eigenvalue weighted by Crippen LogP contribution is 2.22. The molecule has 1 saturated heterocycles. The number of hydrogen-bond acceptors (Lipinski definition) is 3. The third-order valence-corrected chi connectivity index (χ3v) is 4.85. The van der Waals surface area contributed by atoms with E-state index in [9.17, 15) is 9.18 Å². The summed E-state index contributed by atoms with van der Waals surface area (Å²) in [6.45, 7) is 2.36. The number of hydrogen-bond donors (Lipinski definition) is 1. The summed E-state index contributed by atoms with van der Waals surface area (Å²) in [6, 6.07) is 9.73. The van der Waals surface area contributed by atoms with E-state index < -0.39 is 0 Å². The maximum atomic E-state index is 13.0. The summed E-state index contributed by atoms with van der Waals surface area (Å²) in [5, 5.41) is 11.3. The van der Waals surface area contributed by atoms with Crippen LogP contribution in [0.1, 0.15) is 23.3 Å². The quantitative estimate of drug-likeness (QED) is 0.784. The number of piperidine rings is 1. The number of likely N-dealkylation sites (tertiary alicyclic amines) is 1. The van der Waals surface area contributed by atoms with E-state index in [1.165, 1.54) is 12.1 Å². The predicted molar refractivity (Wildman–Crippen MR) is 94.8 cm³/mol. The Morgan fingerprint density at radius 1 is 1.23 bits per heavy atom. The molecule has 0 spiro atoms. The van der Waals surface area contributed by atoms with Crippen LogP contribution in [-0.2, 0) is 6.54 Å². The predicted octanol–water partition coefficient (Wildman–Crippen LogP) is 2.96. The van der Waals surface area contributed by atoms with Crippen LogP contribution in [0.4, 0.5) is 4.39 Å². The van der Waals surface area contributed by atoms with E-state index in [0.29, 0.717) is 17.3 Å². The second kappa shape index (κ2) is 7.11. The van der Waals surface area contributed by atoms with Crippen molar-refractivity contribution in [1.29, 1.82) is 0 Å². The van der Waals surface area contributed by atoms with Gasteiger partial charge in [0, 0.05) is 37.6 Å². The van der Waals surface area contributed by atoms with E-state index in [2.05, 4.69) is 15.3 Å². The number of rotatable bonds is 4. The maximum Gasteiger partial charge on any atom is 0.271 e. The Morgan fingerprint density at radius 2 is 2.00 bits per heavy atom. The third-order valence-electron chi connectivity index (χ3n) is 4.85. The van der Waals surface area contributed by atoms with E-state index in [1.807, 2.05) is 21.8 Å². The van der Waals surface area contributed by atoms with Gasteiger partial charge >= 0.3 is 0 Å². The van der Waals surface area contributed by atoms with Crippen LogP contribution < -0.4 is 0 Å². The molecule has 0 radical (unpaired) electrons. The summed E-state index contributed by atoms with van der Waals surface area (Å²) in [5.74, 6) is 0.206. The van der Waals surface area contributed by atoms with E-state index in [0.717, 1.165) is 38.0 Å². The highest BCUT2D eigenvalue weighted by molar-refractivity contribution is 5.93. The lowest BCUT2D eigenvalue weighted by Crippen LogP contribution is -2.39. The van der Waals surface area contributed by atoms with Crippen molar-refractivity contribution < 1.29 is 9.18 Å². The molecule has 134 valence electrons. The van der Waals surface area contributed by atoms with Gasteiger partial charge in [-0.25, -0.2) is 4.39 Å². The number of carbonyl (C=O) groups excluding carboxylic acids is 1. The fourth-order valence-electron chi connectivity index (χ4n) is 3.36. The number of benzene rings is 1. The Kier molecular flexibility index (Phi) is 4.51. The van der Waals surface area contributed by atoms with Gasteiger partial charge < -0.3 is 4.90 Å². The summed E-state index contributed by atoms with van der Waals surface area (Å²) >= 11 is 0. The molecule has 0 unspecified atom stereocenters. The molecule has 3 heterocycles. The van der Waals surface area contributed by atoms with Crippen molar-refractivity contribution in [3.63, 3.8) is 0 Å². The number of amides is 1. The zero-order valence-corrected chi connectivity index (χ0v) is 14.3. The number of aromatic amines is 1. The number of carbonyl (C=O) groups is 1. The van der Waals surface area contributed by atoms with Crippen molar-refractivity contribution >= 4 is 5.91 Å². The van der Waals surface area contributed by atoms with Crippen molar-refractivity contribution in [2.45, 2.75) is 19.4 Å². The van der Waals surface area contributed by atoms with Crippen LogP contribution in [0.2, 0.25) is 0 Å². The normalized spacial score (nSPS) is 15.3. The van der Waals surface area contributed by atoms with Crippen LogP contribution in [0, 0.1) is 11.7 Å². The Hall–Kier alpha value is -2.96. The van der Waals surface area contributed by atoms with Crippen molar-refractivity contribution in [3.05, 3.63) is 60.3 Å². The molecule has 1 aromatic carbocycles. The summed E-state index contributed by atoms with van der Waals surface area (Å²) in [4.78, 5) is 14.6. The molecule has 26 heavy (non-hydrogen) atoms. The molecule has 2 aromatic heterocycles. The molecular formula is C19H20FN5O. The topological polar surface area (TPSA) is 66.8 Å². The highest BCUT2D eigenvalue weighted by Gasteiger charge is 2.25. The molecule has 7 heteroatoms. The van der Waals surface area contributed by atoms with Crippen molar-refractivity contribution in [2.75, 3.05) is 13.1 Å². The van der Waals surface area contributed by atoms with E-state index in [-0.39, 0.29) is 11.7 Å². The van der Waals surface area contributed by atoms with Crippen LogP contribution in [-0.4, -0.2) is 43.9 Å². The third kappa shape index (κ3) is 3.51. The number of nitrogens with one attached hydrogen (secondary N) is 1. The Balaban J connectivity index is 1.37. The largest absolute Gasteiger partial charge is 0.337 e. The summed E-state index contributed by atoms with van der Waals surface area (Å²) in [5.41, 5.74) is 1.89. The average molecular weight is 353 g/mol. The van der Waals surface area contributed by atoms with E-state index in [1.54, 1.807) is 24.4 Å². The first-order valence-corrected chi connectivity index (χ1v) is 8.77. The number of halogens is 1. The molecule has 0 atom stereocenters. The summed E-state index contributed by atoms with van der Waals surface area (Å²) in [6.07, 6.45) is 5.68. The molecule has 3 aromatic rings. The zero-order valence-electron chi connectivity index (χ0n) is 14.3. The molecule has 4 rings (SSSR count). The smallest absolute Gasteiger partial charge is 0.271 e. The number of nitrogens with zero attached hydrogens (tertiary/aromatic N) is 4. The minimum absolute atomic E-state index is 0.0385. The van der Waals surface area contributed by atoms with Crippen LogP contribution in [0.5, 0.6) is 0 Å². The molecule has 0 bridgehead atoms.